The first-order valence-corrected chi connectivity index (χ1v) is 15.0. The third-order valence-corrected chi connectivity index (χ3v) is 9.38. The number of pyridine rings is 1. The number of anilines is 3. The summed E-state index contributed by atoms with van der Waals surface area (Å²) in [6.07, 6.45) is 8.62. The second-order valence-corrected chi connectivity index (χ2v) is 12.7. The number of hydrogen-bond acceptors (Lipinski definition) is 11. The van der Waals surface area contributed by atoms with Crippen LogP contribution < -0.4 is 10.2 Å². The molecule has 4 aromatic heterocycles. The van der Waals surface area contributed by atoms with Gasteiger partial charge in [-0.3, -0.25) is 0 Å². The summed E-state index contributed by atoms with van der Waals surface area (Å²) in [5, 5.41) is 19.8. The number of hydrogen-bond donors (Lipinski definition) is 2. The number of aryl methyl sites for hydroxylation is 1. The molecule has 0 amide bonds. The Kier molecular flexibility index (Phi) is 6.76. The fraction of sp³-hybridized carbons (Fsp3) is 0.346. The van der Waals surface area contributed by atoms with Crippen LogP contribution in [0, 0.1) is 18.8 Å². The minimum absolute atomic E-state index is 0.295. The summed E-state index contributed by atoms with van der Waals surface area (Å²) in [4.78, 5) is 20.0. The molecule has 1 aliphatic heterocycles. The zero-order chi connectivity index (χ0) is 27.0. The van der Waals surface area contributed by atoms with Crippen LogP contribution in [0.1, 0.15) is 41.9 Å². The predicted molar refractivity (Wildman–Crippen MR) is 148 cm³/mol. The monoisotopic (exact) mass is 562 g/mol. The first kappa shape index (κ1) is 25.4. The van der Waals surface area contributed by atoms with E-state index in [1.54, 1.807) is 29.8 Å². The van der Waals surface area contributed by atoms with Gasteiger partial charge in [-0.15, -0.1) is 11.3 Å². The number of thiazole rings is 1. The van der Waals surface area contributed by atoms with Gasteiger partial charge >= 0.3 is 0 Å². The summed E-state index contributed by atoms with van der Waals surface area (Å²) in [5.74, 6) is 7.77. The SMILES string of the molecule is Cc1nc(C#Cc2cnc(Nc3ccnc(-c4cnn(S(=O)(=O)C5CC5)c4)n3)cc2N2CCC(O)CC2)cs1. The van der Waals surface area contributed by atoms with Crippen LogP contribution in [0.3, 0.4) is 0 Å². The zero-order valence-corrected chi connectivity index (χ0v) is 22.8. The molecule has 1 saturated carbocycles. The van der Waals surface area contributed by atoms with Crippen molar-refractivity contribution in [2.45, 2.75) is 44.0 Å². The number of aromatic nitrogens is 6. The maximum Gasteiger partial charge on any atom is 0.256 e. The Morgan fingerprint density at radius 1 is 1.08 bits per heavy atom. The van der Waals surface area contributed by atoms with Crippen LogP contribution in [0.4, 0.5) is 17.3 Å². The fourth-order valence-electron chi connectivity index (χ4n) is 4.31. The molecule has 4 aromatic rings. The molecule has 13 heteroatoms. The third-order valence-electron chi connectivity index (χ3n) is 6.57. The lowest BCUT2D eigenvalue weighted by atomic mass is 10.1. The van der Waals surface area contributed by atoms with Gasteiger partial charge in [0.2, 0.25) is 0 Å². The Bertz CT molecular complexity index is 1680. The number of aliphatic hydroxyl groups is 1. The summed E-state index contributed by atoms with van der Waals surface area (Å²) < 4.78 is 26.0. The van der Waals surface area contributed by atoms with Gasteiger partial charge in [-0.2, -0.15) is 9.19 Å². The van der Waals surface area contributed by atoms with E-state index in [0.29, 0.717) is 61.8 Å². The van der Waals surface area contributed by atoms with E-state index in [0.717, 1.165) is 26.0 Å². The predicted octanol–water partition coefficient (Wildman–Crippen LogP) is 2.94. The molecule has 6 rings (SSSR count). The molecule has 0 radical (unpaired) electrons. The number of rotatable bonds is 6. The summed E-state index contributed by atoms with van der Waals surface area (Å²) in [5.41, 5.74) is 2.92. The highest BCUT2D eigenvalue weighted by molar-refractivity contribution is 7.90. The Morgan fingerprint density at radius 2 is 1.90 bits per heavy atom. The second kappa shape index (κ2) is 10.4. The van der Waals surface area contributed by atoms with E-state index in [1.165, 1.54) is 12.4 Å². The molecule has 0 unspecified atom stereocenters. The molecule has 0 atom stereocenters. The summed E-state index contributed by atoms with van der Waals surface area (Å²) in [6.45, 7) is 3.37. The van der Waals surface area contributed by atoms with Crippen LogP contribution in [0.25, 0.3) is 11.4 Å². The van der Waals surface area contributed by atoms with Crippen molar-refractivity contribution in [2.24, 2.45) is 0 Å². The van der Waals surface area contributed by atoms with E-state index in [-0.39, 0.29) is 11.4 Å². The van der Waals surface area contributed by atoms with E-state index in [9.17, 15) is 13.5 Å². The quantitative estimate of drug-likeness (QED) is 0.337. The normalized spacial score (nSPS) is 16.1. The molecule has 2 aliphatic rings. The number of nitrogens with zero attached hydrogens (tertiary/aromatic N) is 7. The largest absolute Gasteiger partial charge is 0.393 e. The van der Waals surface area contributed by atoms with Crippen LogP contribution in [0.15, 0.2) is 42.3 Å². The number of nitrogens with one attached hydrogen (secondary N) is 1. The number of aliphatic hydroxyl groups excluding tert-OH is 1. The maximum absolute atomic E-state index is 12.5. The van der Waals surface area contributed by atoms with Gasteiger partial charge in [0.1, 0.15) is 17.3 Å². The van der Waals surface area contributed by atoms with Crippen LogP contribution >= 0.6 is 11.3 Å². The lowest BCUT2D eigenvalue weighted by Gasteiger charge is -2.32. The third kappa shape index (κ3) is 5.63. The fourth-order valence-corrected chi connectivity index (χ4v) is 6.33. The maximum atomic E-state index is 12.5. The van der Waals surface area contributed by atoms with Crippen molar-refractivity contribution in [1.82, 2.24) is 29.1 Å². The van der Waals surface area contributed by atoms with Crippen LogP contribution in [0.2, 0.25) is 0 Å². The molecule has 2 fully saturated rings. The molecule has 0 spiro atoms. The molecule has 2 N–H and O–H groups in total. The highest BCUT2D eigenvalue weighted by atomic mass is 32.2. The van der Waals surface area contributed by atoms with Gasteiger partial charge in [0.15, 0.2) is 5.82 Å². The first-order chi connectivity index (χ1) is 18.8. The minimum atomic E-state index is -3.47. The summed E-state index contributed by atoms with van der Waals surface area (Å²) in [6, 6.07) is 3.64. The van der Waals surface area contributed by atoms with Gasteiger partial charge < -0.3 is 15.3 Å². The molecule has 39 heavy (non-hydrogen) atoms. The highest BCUT2D eigenvalue weighted by Crippen LogP contribution is 2.31. The lowest BCUT2D eigenvalue weighted by molar-refractivity contribution is 0.145. The minimum Gasteiger partial charge on any atom is -0.393 e. The summed E-state index contributed by atoms with van der Waals surface area (Å²) in [7, 11) is -3.47. The van der Waals surface area contributed by atoms with Crippen molar-refractivity contribution in [2.75, 3.05) is 23.3 Å². The zero-order valence-electron chi connectivity index (χ0n) is 21.1. The Balaban J connectivity index is 1.27. The smallest absolute Gasteiger partial charge is 0.256 e. The molecule has 1 saturated heterocycles. The van der Waals surface area contributed by atoms with Gasteiger partial charge in [-0.25, -0.2) is 28.4 Å². The van der Waals surface area contributed by atoms with E-state index in [1.807, 2.05) is 18.4 Å². The highest BCUT2D eigenvalue weighted by Gasteiger charge is 2.37. The average Bonchev–Trinajstić information content (AvgIpc) is 3.53. The van der Waals surface area contributed by atoms with Crippen LogP contribution in [-0.2, 0) is 10.0 Å². The molecule has 1 aliphatic carbocycles. The van der Waals surface area contributed by atoms with Gasteiger partial charge in [-0.1, -0.05) is 5.92 Å². The molecule has 0 aromatic carbocycles. The Morgan fingerprint density at radius 3 is 2.64 bits per heavy atom. The standard InChI is InChI=1S/C26H26N8O3S2/c1-17-30-20(16-38-17)3-2-18-13-28-25(12-23(18)33-10-7-21(35)8-11-33)31-24-6-9-27-26(32-24)19-14-29-34(15-19)39(36,37)22-4-5-22/h6,9,12-16,21-22,35H,4-5,7-8,10-11H2,1H3,(H,27,28,31,32). The van der Waals surface area contributed by atoms with E-state index >= 15 is 0 Å². The molecule has 0 bridgehead atoms. The van der Waals surface area contributed by atoms with Gasteiger partial charge in [0.05, 0.1) is 45.6 Å². The number of piperidine rings is 1. The van der Waals surface area contributed by atoms with Crippen molar-refractivity contribution in [3.63, 3.8) is 0 Å². The van der Waals surface area contributed by atoms with E-state index in [4.69, 9.17) is 0 Å². The van der Waals surface area contributed by atoms with Crippen molar-refractivity contribution >= 4 is 38.7 Å². The summed E-state index contributed by atoms with van der Waals surface area (Å²) >= 11 is 1.56. The van der Waals surface area contributed by atoms with Gasteiger partial charge in [0, 0.05) is 36.9 Å². The van der Waals surface area contributed by atoms with Crippen molar-refractivity contribution in [3.05, 3.63) is 58.6 Å². The molecule has 11 nitrogen and oxygen atoms in total. The molecule has 200 valence electrons. The molecular weight excluding hydrogens is 536 g/mol. The molecular formula is C26H26N8O3S2. The first-order valence-electron chi connectivity index (χ1n) is 12.6. The topological polar surface area (TPSA) is 139 Å². The van der Waals surface area contributed by atoms with Crippen molar-refractivity contribution < 1.29 is 13.5 Å². The Hall–Kier alpha value is -3.86. The Labute approximate surface area is 230 Å². The van der Waals surface area contributed by atoms with Crippen molar-refractivity contribution in [3.8, 4) is 23.2 Å². The van der Waals surface area contributed by atoms with Crippen LogP contribution in [-0.4, -0.2) is 67.1 Å². The van der Waals surface area contributed by atoms with Crippen LogP contribution in [0.5, 0.6) is 0 Å². The van der Waals surface area contributed by atoms with Gasteiger partial charge in [-0.05, 0) is 44.6 Å². The second-order valence-electron chi connectivity index (χ2n) is 9.54. The molecule has 5 heterocycles. The average molecular weight is 563 g/mol. The van der Waals surface area contributed by atoms with Crippen molar-refractivity contribution in [1.29, 1.82) is 0 Å². The van der Waals surface area contributed by atoms with E-state index in [2.05, 4.69) is 47.1 Å². The lowest BCUT2D eigenvalue weighted by Crippen LogP contribution is -2.36. The van der Waals surface area contributed by atoms with E-state index < -0.39 is 10.0 Å². The van der Waals surface area contributed by atoms with Gasteiger partial charge in [0.25, 0.3) is 10.0 Å².